The number of thioether (sulfide) groups is 1. The molecule has 0 aliphatic rings. The Kier molecular flexibility index (Phi) is 7.34. The average molecular weight is 473 g/mol. The fourth-order valence-corrected chi connectivity index (χ4v) is 4.59. The molecule has 0 saturated heterocycles. The number of hydrogen-bond donors (Lipinski definition) is 2. The molecule has 3 rings (SSSR count). The standard InChI is InChI=1S/C20H20N6O4S2/c1-11(26-19(22)24-25-20(26)32-10-16(27)30-3)17(28)23-18-14(8-21)15(9-31-18)12-4-6-13(29-2)7-5-12/h4-7,9,11H,10H2,1-3H3,(H2,22,24)(H,23,28). The van der Waals surface area contributed by atoms with E-state index in [2.05, 4.69) is 26.3 Å². The van der Waals surface area contributed by atoms with Crippen LogP contribution in [0.15, 0.2) is 34.8 Å². The van der Waals surface area contributed by atoms with Gasteiger partial charge in [-0.25, -0.2) is 0 Å². The number of nitriles is 1. The number of carbonyl (C=O) groups excluding carboxylic acids is 2. The highest BCUT2D eigenvalue weighted by Gasteiger charge is 2.25. The summed E-state index contributed by atoms with van der Waals surface area (Å²) in [4.78, 5) is 24.4. The van der Waals surface area contributed by atoms with Gasteiger partial charge in [-0.2, -0.15) is 5.26 Å². The third-order valence-electron chi connectivity index (χ3n) is 4.55. The SMILES string of the molecule is COC(=O)CSc1nnc(N)n1C(C)C(=O)Nc1scc(-c2ccc(OC)cc2)c1C#N. The van der Waals surface area contributed by atoms with Crippen molar-refractivity contribution in [2.75, 3.05) is 31.0 Å². The minimum atomic E-state index is -0.789. The first-order valence-corrected chi connectivity index (χ1v) is 11.1. The third-order valence-corrected chi connectivity index (χ3v) is 6.36. The van der Waals surface area contributed by atoms with Crippen molar-refractivity contribution in [3.05, 3.63) is 35.2 Å². The zero-order valence-electron chi connectivity index (χ0n) is 17.5. The van der Waals surface area contributed by atoms with Gasteiger partial charge < -0.3 is 20.5 Å². The predicted molar refractivity (Wildman–Crippen MR) is 122 cm³/mol. The molecule has 0 saturated carbocycles. The van der Waals surface area contributed by atoms with Crippen LogP contribution in [0, 0.1) is 11.3 Å². The molecule has 12 heteroatoms. The first-order chi connectivity index (χ1) is 15.4. The summed E-state index contributed by atoms with van der Waals surface area (Å²) in [6, 6.07) is 8.67. The van der Waals surface area contributed by atoms with Crippen LogP contribution in [-0.2, 0) is 14.3 Å². The number of amides is 1. The van der Waals surface area contributed by atoms with Crippen LogP contribution in [-0.4, -0.2) is 46.6 Å². The van der Waals surface area contributed by atoms with Crippen LogP contribution in [0.25, 0.3) is 11.1 Å². The second-order valence-electron chi connectivity index (χ2n) is 6.43. The van der Waals surface area contributed by atoms with E-state index in [9.17, 15) is 14.9 Å². The van der Waals surface area contributed by atoms with Crippen LogP contribution in [0.3, 0.4) is 0 Å². The Hall–Kier alpha value is -3.56. The van der Waals surface area contributed by atoms with Crippen LogP contribution in [0.5, 0.6) is 5.75 Å². The van der Waals surface area contributed by atoms with Crippen molar-refractivity contribution in [2.24, 2.45) is 0 Å². The van der Waals surface area contributed by atoms with Crippen molar-refractivity contribution in [3.8, 4) is 22.9 Å². The highest BCUT2D eigenvalue weighted by Crippen LogP contribution is 2.36. The van der Waals surface area contributed by atoms with E-state index >= 15 is 0 Å². The minimum Gasteiger partial charge on any atom is -0.497 e. The number of nitrogens with two attached hydrogens (primary N) is 1. The van der Waals surface area contributed by atoms with Gasteiger partial charge in [0.1, 0.15) is 22.9 Å². The summed E-state index contributed by atoms with van der Waals surface area (Å²) in [6.07, 6.45) is 0. The quantitative estimate of drug-likeness (QED) is 0.373. The largest absolute Gasteiger partial charge is 0.497 e. The normalized spacial score (nSPS) is 11.4. The summed E-state index contributed by atoms with van der Waals surface area (Å²) in [7, 11) is 2.86. The molecule has 1 unspecified atom stereocenters. The van der Waals surface area contributed by atoms with Gasteiger partial charge in [0, 0.05) is 10.9 Å². The van der Waals surface area contributed by atoms with Gasteiger partial charge in [0.15, 0.2) is 5.16 Å². The number of ether oxygens (including phenoxy) is 2. The molecule has 2 aromatic heterocycles. The van der Waals surface area contributed by atoms with Gasteiger partial charge in [-0.05, 0) is 24.6 Å². The van der Waals surface area contributed by atoms with Crippen molar-refractivity contribution < 1.29 is 19.1 Å². The van der Waals surface area contributed by atoms with Crippen molar-refractivity contribution in [1.82, 2.24) is 14.8 Å². The number of anilines is 2. The van der Waals surface area contributed by atoms with Gasteiger partial charge >= 0.3 is 5.97 Å². The van der Waals surface area contributed by atoms with Crippen LogP contribution >= 0.6 is 23.1 Å². The number of benzene rings is 1. The number of nitrogen functional groups attached to an aromatic ring is 1. The number of carbonyl (C=O) groups is 2. The predicted octanol–water partition coefficient (Wildman–Crippen LogP) is 2.93. The Balaban J connectivity index is 1.80. The Morgan fingerprint density at radius 3 is 2.66 bits per heavy atom. The van der Waals surface area contributed by atoms with Gasteiger partial charge in [-0.3, -0.25) is 14.2 Å². The Morgan fingerprint density at radius 2 is 2.03 bits per heavy atom. The maximum atomic E-state index is 12.9. The van der Waals surface area contributed by atoms with Crippen molar-refractivity contribution >= 4 is 45.9 Å². The van der Waals surface area contributed by atoms with E-state index in [1.54, 1.807) is 26.2 Å². The number of rotatable bonds is 8. The lowest BCUT2D eigenvalue weighted by molar-refractivity contribution is -0.137. The number of hydrogen-bond acceptors (Lipinski definition) is 10. The summed E-state index contributed by atoms with van der Waals surface area (Å²) >= 11 is 2.31. The second-order valence-corrected chi connectivity index (χ2v) is 8.26. The van der Waals surface area contributed by atoms with Gasteiger partial charge in [0.25, 0.3) is 0 Å². The molecular weight excluding hydrogens is 452 g/mol. The van der Waals surface area contributed by atoms with Gasteiger partial charge in [0.05, 0.1) is 25.5 Å². The van der Waals surface area contributed by atoms with E-state index in [0.717, 1.165) is 17.3 Å². The lowest BCUT2D eigenvalue weighted by Gasteiger charge is -2.16. The van der Waals surface area contributed by atoms with Crippen molar-refractivity contribution in [2.45, 2.75) is 18.1 Å². The van der Waals surface area contributed by atoms with Gasteiger partial charge in [-0.1, -0.05) is 23.9 Å². The molecule has 166 valence electrons. The lowest BCUT2D eigenvalue weighted by Crippen LogP contribution is -2.25. The maximum Gasteiger partial charge on any atom is 0.316 e. The molecule has 3 aromatic rings. The molecule has 2 heterocycles. The third kappa shape index (κ3) is 4.84. The number of thiophene rings is 1. The Bertz CT molecular complexity index is 1170. The summed E-state index contributed by atoms with van der Waals surface area (Å²) < 4.78 is 11.2. The molecule has 1 aromatic carbocycles. The fraction of sp³-hybridized carbons (Fsp3) is 0.250. The second kappa shape index (κ2) is 10.2. The molecule has 1 amide bonds. The van der Waals surface area contributed by atoms with E-state index < -0.39 is 17.9 Å². The van der Waals surface area contributed by atoms with Crippen LogP contribution in [0.1, 0.15) is 18.5 Å². The molecular formula is C20H20N6O4S2. The monoisotopic (exact) mass is 472 g/mol. The number of esters is 1. The summed E-state index contributed by atoms with van der Waals surface area (Å²) in [5, 5.41) is 22.8. The summed E-state index contributed by atoms with van der Waals surface area (Å²) in [5.41, 5.74) is 7.79. The number of methoxy groups -OCH3 is 2. The molecule has 0 bridgehead atoms. The molecule has 3 N–H and O–H groups in total. The molecule has 0 spiro atoms. The molecule has 0 fully saturated rings. The highest BCUT2D eigenvalue weighted by molar-refractivity contribution is 7.99. The molecule has 0 aliphatic carbocycles. The smallest absolute Gasteiger partial charge is 0.316 e. The Labute approximate surface area is 192 Å². The number of nitrogens with zero attached hydrogens (tertiary/aromatic N) is 4. The van der Waals surface area contributed by atoms with Crippen LogP contribution in [0.2, 0.25) is 0 Å². The first-order valence-electron chi connectivity index (χ1n) is 9.26. The number of aromatic nitrogens is 3. The van der Waals surface area contributed by atoms with Crippen LogP contribution < -0.4 is 15.8 Å². The average Bonchev–Trinajstić information content (AvgIpc) is 3.39. The van der Waals surface area contributed by atoms with Crippen molar-refractivity contribution in [1.29, 1.82) is 5.26 Å². The van der Waals surface area contributed by atoms with E-state index in [0.29, 0.717) is 27.0 Å². The summed E-state index contributed by atoms with van der Waals surface area (Å²) in [5.74, 6) is -0.111. The molecule has 1 atom stereocenters. The van der Waals surface area contributed by atoms with E-state index in [1.807, 2.05) is 17.5 Å². The highest BCUT2D eigenvalue weighted by atomic mass is 32.2. The molecule has 10 nitrogen and oxygen atoms in total. The molecule has 0 radical (unpaired) electrons. The minimum absolute atomic E-state index is 0.00228. The van der Waals surface area contributed by atoms with Gasteiger partial charge in [-0.15, -0.1) is 21.5 Å². The van der Waals surface area contributed by atoms with E-state index in [4.69, 9.17) is 10.5 Å². The zero-order valence-corrected chi connectivity index (χ0v) is 19.1. The van der Waals surface area contributed by atoms with E-state index in [-0.39, 0.29) is 11.7 Å². The summed E-state index contributed by atoms with van der Waals surface area (Å²) in [6.45, 7) is 1.63. The number of nitrogens with one attached hydrogen (secondary N) is 1. The maximum absolute atomic E-state index is 12.9. The molecule has 32 heavy (non-hydrogen) atoms. The van der Waals surface area contributed by atoms with Crippen molar-refractivity contribution in [3.63, 3.8) is 0 Å². The fourth-order valence-electron chi connectivity index (χ4n) is 2.81. The lowest BCUT2D eigenvalue weighted by atomic mass is 10.0. The first kappa shape index (κ1) is 23.1. The van der Waals surface area contributed by atoms with Gasteiger partial charge in [0.2, 0.25) is 11.9 Å². The van der Waals surface area contributed by atoms with E-state index in [1.165, 1.54) is 23.0 Å². The Morgan fingerprint density at radius 1 is 1.31 bits per heavy atom. The topological polar surface area (TPSA) is 145 Å². The molecule has 0 aliphatic heterocycles. The zero-order chi connectivity index (χ0) is 23.3. The van der Waals surface area contributed by atoms with Crippen LogP contribution in [0.4, 0.5) is 10.9 Å².